The Hall–Kier alpha value is -5.92. The molecule has 240 valence electrons. The van der Waals surface area contributed by atoms with Gasteiger partial charge in [0.1, 0.15) is 0 Å². The Morgan fingerprint density at radius 3 is 1.60 bits per heavy atom. The van der Waals surface area contributed by atoms with E-state index in [2.05, 4.69) is 183 Å². The van der Waals surface area contributed by atoms with E-state index in [0.29, 0.717) is 0 Å². The number of rotatable bonds is 6. The average Bonchev–Trinajstić information content (AvgIpc) is 3.17. The topological polar surface area (TPSA) is 12.0 Å². The first kappa shape index (κ1) is 30.2. The van der Waals surface area contributed by atoms with Gasteiger partial charge in [0, 0.05) is 11.7 Å². The Morgan fingerprint density at radius 2 is 0.980 bits per heavy atom. The van der Waals surface area contributed by atoms with Crippen molar-refractivity contribution < 1.29 is 0 Å². The van der Waals surface area contributed by atoms with Crippen molar-refractivity contribution in [1.82, 2.24) is 0 Å². The molecule has 8 aromatic carbocycles. The molecular formula is C49H39N. The zero-order valence-corrected chi connectivity index (χ0v) is 28.6. The molecule has 1 N–H and O–H groups in total. The summed E-state index contributed by atoms with van der Waals surface area (Å²) in [5, 5.41) is 14.1. The Morgan fingerprint density at radius 1 is 0.460 bits per heavy atom. The van der Waals surface area contributed by atoms with Gasteiger partial charge in [-0.15, -0.1) is 0 Å². The second-order valence-electron chi connectivity index (χ2n) is 13.8. The molecule has 0 amide bonds. The lowest BCUT2D eigenvalue weighted by molar-refractivity contribution is 0.883. The molecule has 1 aliphatic rings. The van der Waals surface area contributed by atoms with Crippen LogP contribution in [0, 0.1) is 6.92 Å². The number of benzene rings is 8. The minimum Gasteiger partial charge on any atom is -0.378 e. The second kappa shape index (κ2) is 12.5. The molecule has 1 atom stereocenters. The van der Waals surface area contributed by atoms with E-state index < -0.39 is 0 Å². The number of para-hydroxylation sites is 1. The fourth-order valence-electron chi connectivity index (χ4n) is 7.91. The van der Waals surface area contributed by atoms with Gasteiger partial charge in [-0.1, -0.05) is 140 Å². The molecule has 0 aromatic heterocycles. The average molecular weight is 642 g/mol. The fourth-order valence-corrected chi connectivity index (χ4v) is 7.91. The normalized spacial score (nSPS) is 13.1. The first-order chi connectivity index (χ1) is 24.6. The Bertz CT molecular complexity index is 2700. The van der Waals surface area contributed by atoms with Gasteiger partial charge in [0.2, 0.25) is 0 Å². The van der Waals surface area contributed by atoms with Crippen LogP contribution in [0.4, 0.5) is 5.69 Å². The van der Waals surface area contributed by atoms with Crippen molar-refractivity contribution in [1.29, 1.82) is 0 Å². The predicted octanol–water partition coefficient (Wildman–Crippen LogP) is 12.0. The number of nitrogens with one attached hydrogen (secondary N) is 1. The lowest BCUT2D eigenvalue weighted by atomic mass is 9.84. The summed E-state index contributed by atoms with van der Waals surface area (Å²) in [6.07, 6.45) is 7.06. The number of aryl methyl sites for hydroxylation is 1. The van der Waals surface area contributed by atoms with Crippen molar-refractivity contribution >= 4 is 50.2 Å². The predicted molar refractivity (Wildman–Crippen MR) is 216 cm³/mol. The highest BCUT2D eigenvalue weighted by molar-refractivity contribution is 6.09. The highest BCUT2D eigenvalue weighted by Gasteiger charge is 2.18. The van der Waals surface area contributed by atoms with E-state index in [1.807, 2.05) is 0 Å². The van der Waals surface area contributed by atoms with E-state index in [4.69, 9.17) is 0 Å². The third-order valence-electron chi connectivity index (χ3n) is 10.6. The quantitative estimate of drug-likeness (QED) is 0.190. The summed E-state index contributed by atoms with van der Waals surface area (Å²) in [5.41, 5.74) is 11.4. The molecule has 0 bridgehead atoms. The van der Waals surface area contributed by atoms with E-state index >= 15 is 0 Å². The van der Waals surface area contributed by atoms with Crippen LogP contribution < -0.4 is 15.8 Å². The molecule has 8 aromatic rings. The zero-order valence-electron chi connectivity index (χ0n) is 28.6. The van der Waals surface area contributed by atoms with E-state index in [1.54, 1.807) is 0 Å². The van der Waals surface area contributed by atoms with Crippen LogP contribution in [0.15, 0.2) is 152 Å². The molecule has 0 fully saturated rings. The fraction of sp³-hybridized carbons (Fsp3) is 0.102. The summed E-state index contributed by atoms with van der Waals surface area (Å²) in [4.78, 5) is 0. The van der Waals surface area contributed by atoms with Crippen molar-refractivity contribution in [3.8, 4) is 33.4 Å². The van der Waals surface area contributed by atoms with Crippen LogP contribution in [-0.4, -0.2) is 0 Å². The number of fused-ring (bicyclic) bond motifs is 4. The van der Waals surface area contributed by atoms with Gasteiger partial charge in [-0.3, -0.25) is 0 Å². The molecule has 50 heavy (non-hydrogen) atoms. The number of anilines is 1. The molecule has 0 aliphatic heterocycles. The standard InChI is InChI=1S/C49H39N/c1-32-11-3-10-18-47(32)50-33(2)34-19-21-37(22-20-34)40-27-28-45-46(31-40)49(42-26-24-36-13-5-7-15-39(36)30-42)44-17-9-8-16-43(44)48(45)41-25-23-35-12-4-6-14-38(35)29-41/h3-7,10-31,33,50H,8-9H2,1-2H3. The Labute approximate surface area is 293 Å². The minimum atomic E-state index is 0.198. The second-order valence-corrected chi connectivity index (χ2v) is 13.8. The molecule has 1 nitrogen and oxygen atoms in total. The van der Waals surface area contributed by atoms with Gasteiger partial charge in [0.05, 0.1) is 0 Å². The summed E-state index contributed by atoms with van der Waals surface area (Å²) in [6, 6.07) is 56.3. The van der Waals surface area contributed by atoms with Crippen molar-refractivity contribution in [2.75, 3.05) is 5.32 Å². The van der Waals surface area contributed by atoms with Crippen molar-refractivity contribution in [3.63, 3.8) is 0 Å². The van der Waals surface area contributed by atoms with Crippen LogP contribution in [0.3, 0.4) is 0 Å². The van der Waals surface area contributed by atoms with Crippen LogP contribution in [-0.2, 0) is 0 Å². The largest absolute Gasteiger partial charge is 0.378 e. The van der Waals surface area contributed by atoms with Gasteiger partial charge in [0.25, 0.3) is 0 Å². The maximum atomic E-state index is 3.70. The van der Waals surface area contributed by atoms with Gasteiger partial charge in [-0.05, 0) is 138 Å². The molecule has 0 spiro atoms. The molecule has 0 saturated heterocycles. The molecule has 1 aliphatic carbocycles. The molecule has 9 rings (SSSR count). The maximum absolute atomic E-state index is 3.70. The van der Waals surface area contributed by atoms with Crippen LogP contribution in [0.25, 0.3) is 77.9 Å². The first-order valence-electron chi connectivity index (χ1n) is 17.8. The molecule has 1 heteroatoms. The molecule has 0 saturated carbocycles. The lowest BCUT2D eigenvalue weighted by Crippen LogP contribution is -2.31. The van der Waals surface area contributed by atoms with Crippen LogP contribution >= 0.6 is 0 Å². The maximum Gasteiger partial charge on any atom is 0.0485 e. The number of hydrogen-bond donors (Lipinski definition) is 1. The van der Waals surface area contributed by atoms with E-state index in [-0.39, 0.29) is 6.04 Å². The van der Waals surface area contributed by atoms with Crippen molar-refractivity contribution in [2.45, 2.75) is 32.7 Å². The summed E-state index contributed by atoms with van der Waals surface area (Å²) in [5.74, 6) is 0. The van der Waals surface area contributed by atoms with Gasteiger partial charge in [0.15, 0.2) is 0 Å². The van der Waals surface area contributed by atoms with Gasteiger partial charge < -0.3 is 5.32 Å². The van der Waals surface area contributed by atoms with Crippen LogP contribution in [0.5, 0.6) is 0 Å². The summed E-state index contributed by atoms with van der Waals surface area (Å²) in [7, 11) is 0. The van der Waals surface area contributed by atoms with Crippen LogP contribution in [0.1, 0.15) is 36.9 Å². The van der Waals surface area contributed by atoms with E-state index in [9.17, 15) is 0 Å². The lowest BCUT2D eigenvalue weighted by Gasteiger charge is -2.20. The SMILES string of the molecule is Cc1ccccc1NC(C)c1ccc(-c2ccc3c(-c4ccc5ccccc5c4)c4c(c(-c5ccc6ccccc6c5)c3c2)=CCCC=4)cc1. The number of hydrogen-bond acceptors (Lipinski definition) is 1. The van der Waals surface area contributed by atoms with Gasteiger partial charge in [-0.2, -0.15) is 0 Å². The third-order valence-corrected chi connectivity index (χ3v) is 10.6. The summed E-state index contributed by atoms with van der Waals surface area (Å²) < 4.78 is 0. The summed E-state index contributed by atoms with van der Waals surface area (Å²) >= 11 is 0. The summed E-state index contributed by atoms with van der Waals surface area (Å²) in [6.45, 7) is 4.39. The van der Waals surface area contributed by atoms with Gasteiger partial charge in [-0.25, -0.2) is 0 Å². The molecule has 1 unspecified atom stereocenters. The monoisotopic (exact) mass is 641 g/mol. The Kier molecular flexibility index (Phi) is 7.55. The van der Waals surface area contributed by atoms with Crippen molar-refractivity contribution in [3.05, 3.63) is 173 Å². The van der Waals surface area contributed by atoms with E-state index in [0.717, 1.165) is 12.8 Å². The van der Waals surface area contributed by atoms with E-state index in [1.165, 1.54) is 92.9 Å². The molecule has 0 radical (unpaired) electrons. The molecular weight excluding hydrogens is 603 g/mol. The Balaban J connectivity index is 1.24. The zero-order chi connectivity index (χ0) is 33.6. The highest BCUT2D eigenvalue weighted by atomic mass is 14.9. The minimum absolute atomic E-state index is 0.198. The van der Waals surface area contributed by atoms with Crippen molar-refractivity contribution in [2.24, 2.45) is 0 Å². The smallest absolute Gasteiger partial charge is 0.0485 e. The third kappa shape index (κ3) is 5.36. The van der Waals surface area contributed by atoms with Crippen LogP contribution in [0.2, 0.25) is 0 Å². The van der Waals surface area contributed by atoms with Gasteiger partial charge >= 0.3 is 0 Å². The molecule has 0 heterocycles. The first-order valence-corrected chi connectivity index (χ1v) is 17.8. The highest BCUT2D eigenvalue weighted by Crippen LogP contribution is 2.37.